The fourth-order valence-corrected chi connectivity index (χ4v) is 2.30. The number of allylic oxidation sites excluding steroid dienone is 3. The molecule has 0 saturated carbocycles. The van der Waals surface area contributed by atoms with Gasteiger partial charge in [-0.3, -0.25) is 4.99 Å². The van der Waals surface area contributed by atoms with E-state index < -0.39 is 0 Å². The van der Waals surface area contributed by atoms with E-state index in [1.807, 2.05) is 20.1 Å². The van der Waals surface area contributed by atoms with Crippen LogP contribution in [0.2, 0.25) is 0 Å². The van der Waals surface area contributed by atoms with Crippen LogP contribution < -0.4 is 0 Å². The molecule has 0 fully saturated rings. The third-order valence-corrected chi connectivity index (χ3v) is 3.83. The minimum Gasteiger partial charge on any atom is -0.266 e. The van der Waals surface area contributed by atoms with Gasteiger partial charge >= 0.3 is 0 Å². The Morgan fingerprint density at radius 3 is 2.60 bits per heavy atom. The first-order chi connectivity index (χ1) is 9.45. The van der Waals surface area contributed by atoms with Gasteiger partial charge in [-0.15, -0.1) is 0 Å². The molecule has 0 bridgehead atoms. The highest BCUT2D eigenvalue weighted by molar-refractivity contribution is 5.55. The topological polar surface area (TPSA) is 12.4 Å². The smallest absolute Gasteiger partial charge is 0.0400 e. The van der Waals surface area contributed by atoms with Crippen molar-refractivity contribution in [3.05, 3.63) is 58.3 Å². The van der Waals surface area contributed by atoms with Crippen LogP contribution in [0.25, 0.3) is 0 Å². The van der Waals surface area contributed by atoms with Crippen molar-refractivity contribution in [2.45, 2.75) is 53.9 Å². The largest absolute Gasteiger partial charge is 0.266 e. The number of hydrogen-bond acceptors (Lipinski definition) is 1. The highest BCUT2D eigenvalue weighted by Crippen LogP contribution is 2.20. The van der Waals surface area contributed by atoms with Crippen LogP contribution in [0.15, 0.2) is 46.6 Å². The summed E-state index contributed by atoms with van der Waals surface area (Å²) in [7, 11) is 0. The summed E-state index contributed by atoms with van der Waals surface area (Å²) in [5.74, 6) is 0. The van der Waals surface area contributed by atoms with Gasteiger partial charge in [0.2, 0.25) is 0 Å². The lowest BCUT2D eigenvalue weighted by Crippen LogP contribution is -1.94. The van der Waals surface area contributed by atoms with Gasteiger partial charge in [-0.05, 0) is 70.6 Å². The Morgan fingerprint density at radius 2 is 1.95 bits per heavy atom. The molecule has 0 unspecified atom stereocenters. The van der Waals surface area contributed by atoms with E-state index in [1.165, 1.54) is 27.8 Å². The van der Waals surface area contributed by atoms with Crippen LogP contribution in [0.4, 0.5) is 0 Å². The van der Waals surface area contributed by atoms with Crippen molar-refractivity contribution in [1.82, 2.24) is 0 Å². The normalized spacial score (nSPS) is 12.7. The van der Waals surface area contributed by atoms with Gasteiger partial charge in [0.1, 0.15) is 0 Å². The second-order valence-electron chi connectivity index (χ2n) is 5.48. The van der Waals surface area contributed by atoms with Crippen molar-refractivity contribution in [3.63, 3.8) is 0 Å². The summed E-state index contributed by atoms with van der Waals surface area (Å²) in [5, 5.41) is 0. The van der Waals surface area contributed by atoms with Gasteiger partial charge in [-0.1, -0.05) is 35.9 Å². The van der Waals surface area contributed by atoms with E-state index >= 15 is 0 Å². The van der Waals surface area contributed by atoms with E-state index in [2.05, 4.69) is 50.5 Å². The Labute approximate surface area is 124 Å². The molecule has 0 saturated heterocycles. The van der Waals surface area contributed by atoms with Crippen molar-refractivity contribution in [2.24, 2.45) is 4.99 Å². The van der Waals surface area contributed by atoms with Crippen LogP contribution in [0.3, 0.4) is 0 Å². The van der Waals surface area contributed by atoms with Gasteiger partial charge in [-0.25, -0.2) is 0 Å². The molecule has 0 spiro atoms. The molecule has 1 aromatic rings. The molecule has 0 amide bonds. The molecule has 0 aliphatic carbocycles. The van der Waals surface area contributed by atoms with Gasteiger partial charge in [0.15, 0.2) is 0 Å². The zero-order valence-electron chi connectivity index (χ0n) is 13.6. The summed E-state index contributed by atoms with van der Waals surface area (Å²) in [6.45, 7) is 14.6. The number of rotatable bonds is 6. The third kappa shape index (κ3) is 4.80. The molecule has 1 heteroatoms. The standard InChI is InChI=1S/C19H27N/c1-7-20-18(6)17(5)15(3)9-8-10-19-13-14(2)11-12-16(19)4/h7,11-13H,3,8-10H2,1-2,4-6H3/b18-17-,20-7-. The molecule has 20 heavy (non-hydrogen) atoms. The van der Waals surface area contributed by atoms with Crippen LogP contribution in [0, 0.1) is 13.8 Å². The Hall–Kier alpha value is -1.63. The van der Waals surface area contributed by atoms with Crippen molar-refractivity contribution in [1.29, 1.82) is 0 Å². The molecule has 0 atom stereocenters. The van der Waals surface area contributed by atoms with Crippen molar-refractivity contribution < 1.29 is 0 Å². The summed E-state index contributed by atoms with van der Waals surface area (Å²) in [6, 6.07) is 6.69. The van der Waals surface area contributed by atoms with Crippen LogP contribution in [-0.2, 0) is 6.42 Å². The molecule has 1 nitrogen and oxygen atoms in total. The number of aliphatic imine (C=N–C) groups is 1. The maximum absolute atomic E-state index is 4.33. The van der Waals surface area contributed by atoms with E-state index in [1.54, 1.807) is 0 Å². The predicted octanol–water partition coefficient (Wildman–Crippen LogP) is 5.57. The van der Waals surface area contributed by atoms with Gasteiger partial charge in [-0.2, -0.15) is 0 Å². The zero-order chi connectivity index (χ0) is 15.1. The Bertz CT molecular complexity index is 533. The second-order valence-corrected chi connectivity index (χ2v) is 5.48. The van der Waals surface area contributed by atoms with Gasteiger partial charge < -0.3 is 0 Å². The second kappa shape index (κ2) is 7.84. The zero-order valence-corrected chi connectivity index (χ0v) is 13.6. The lowest BCUT2D eigenvalue weighted by Gasteiger charge is -2.10. The van der Waals surface area contributed by atoms with E-state index in [9.17, 15) is 0 Å². The molecule has 0 heterocycles. The summed E-state index contributed by atoms with van der Waals surface area (Å²) < 4.78 is 0. The molecule has 1 rings (SSSR count). The van der Waals surface area contributed by atoms with Crippen LogP contribution >= 0.6 is 0 Å². The molecule has 0 aliphatic heterocycles. The SMILES string of the molecule is C=C(CCCc1cc(C)ccc1C)/C(C)=C(C)\N=C/C. The van der Waals surface area contributed by atoms with Crippen LogP contribution in [0.5, 0.6) is 0 Å². The fourth-order valence-electron chi connectivity index (χ4n) is 2.30. The minimum absolute atomic E-state index is 1.04. The first kappa shape index (κ1) is 16.4. The Balaban J connectivity index is 2.58. The molecule has 0 radical (unpaired) electrons. The molecule has 0 aliphatic rings. The van der Waals surface area contributed by atoms with E-state index in [0.717, 1.165) is 25.0 Å². The lowest BCUT2D eigenvalue weighted by molar-refractivity contribution is 0.810. The number of aryl methyl sites for hydroxylation is 3. The molecule has 1 aromatic carbocycles. The summed E-state index contributed by atoms with van der Waals surface area (Å²) in [5.41, 5.74) is 7.70. The molecular weight excluding hydrogens is 242 g/mol. The fraction of sp³-hybridized carbons (Fsp3) is 0.421. The van der Waals surface area contributed by atoms with Crippen molar-refractivity contribution in [3.8, 4) is 0 Å². The summed E-state index contributed by atoms with van der Waals surface area (Å²) >= 11 is 0. The molecular formula is C19H27N. The first-order valence-electron chi connectivity index (χ1n) is 7.36. The summed E-state index contributed by atoms with van der Waals surface area (Å²) in [4.78, 5) is 4.33. The Kier molecular flexibility index (Phi) is 6.44. The predicted molar refractivity (Wildman–Crippen MR) is 90.5 cm³/mol. The highest BCUT2D eigenvalue weighted by Gasteiger charge is 2.03. The first-order valence-corrected chi connectivity index (χ1v) is 7.36. The van der Waals surface area contributed by atoms with Crippen LogP contribution in [0.1, 0.15) is 50.3 Å². The molecule has 0 aromatic heterocycles. The third-order valence-electron chi connectivity index (χ3n) is 3.83. The van der Waals surface area contributed by atoms with E-state index in [0.29, 0.717) is 0 Å². The monoisotopic (exact) mass is 269 g/mol. The van der Waals surface area contributed by atoms with Crippen molar-refractivity contribution in [2.75, 3.05) is 0 Å². The lowest BCUT2D eigenvalue weighted by atomic mass is 9.97. The van der Waals surface area contributed by atoms with Gasteiger partial charge in [0.25, 0.3) is 0 Å². The quantitative estimate of drug-likeness (QED) is 0.473. The van der Waals surface area contributed by atoms with E-state index in [4.69, 9.17) is 0 Å². The van der Waals surface area contributed by atoms with Crippen molar-refractivity contribution >= 4 is 6.21 Å². The minimum atomic E-state index is 1.04. The van der Waals surface area contributed by atoms with Gasteiger partial charge in [0.05, 0.1) is 0 Å². The van der Waals surface area contributed by atoms with E-state index in [-0.39, 0.29) is 0 Å². The average Bonchev–Trinajstić information content (AvgIpc) is 2.41. The average molecular weight is 269 g/mol. The number of hydrogen-bond donors (Lipinski definition) is 0. The van der Waals surface area contributed by atoms with Gasteiger partial charge in [0, 0.05) is 11.9 Å². The number of nitrogens with zero attached hydrogens (tertiary/aromatic N) is 1. The maximum Gasteiger partial charge on any atom is 0.0400 e. The number of benzene rings is 1. The molecule has 108 valence electrons. The van der Waals surface area contributed by atoms with Crippen LogP contribution in [-0.4, -0.2) is 6.21 Å². The summed E-state index contributed by atoms with van der Waals surface area (Å²) in [6.07, 6.45) is 5.14. The Morgan fingerprint density at radius 1 is 1.25 bits per heavy atom. The highest BCUT2D eigenvalue weighted by atomic mass is 14.7. The molecule has 0 N–H and O–H groups in total. The maximum atomic E-state index is 4.33.